The highest BCUT2D eigenvalue weighted by atomic mass is 35.5. The number of hydrogen-bond acceptors (Lipinski definition) is 3. The van der Waals surface area contributed by atoms with E-state index in [1.807, 2.05) is 30.3 Å². The molecule has 1 N–H and O–H groups in total. The first kappa shape index (κ1) is 17.4. The molecule has 0 aromatic heterocycles. The van der Waals surface area contributed by atoms with Crippen LogP contribution in [0, 0.1) is 11.8 Å². The summed E-state index contributed by atoms with van der Waals surface area (Å²) in [6, 6.07) is 13.5. The maximum Gasteiger partial charge on any atom is 0.327 e. The van der Waals surface area contributed by atoms with E-state index in [2.05, 4.69) is 11.8 Å². The lowest BCUT2D eigenvalue weighted by Gasteiger charge is -2.20. The lowest BCUT2D eigenvalue weighted by Crippen LogP contribution is -2.41. The van der Waals surface area contributed by atoms with Crippen molar-refractivity contribution in [3.05, 3.63) is 70.2 Å². The maximum absolute atomic E-state index is 12.7. The number of halogens is 1. The predicted molar refractivity (Wildman–Crippen MR) is 98.8 cm³/mol. The summed E-state index contributed by atoms with van der Waals surface area (Å²) >= 11 is 7.61. The van der Waals surface area contributed by atoms with Crippen LogP contribution in [0.2, 0.25) is 5.02 Å². The molecular formula is C19H14ClNO3S. The zero-order valence-electron chi connectivity index (χ0n) is 13.1. The number of carbonyl (C=O) groups is 2. The van der Waals surface area contributed by atoms with Gasteiger partial charge in [-0.3, -0.25) is 4.79 Å². The van der Waals surface area contributed by atoms with Gasteiger partial charge in [0.2, 0.25) is 0 Å². The highest BCUT2D eigenvalue weighted by Gasteiger charge is 2.35. The second-order valence-electron chi connectivity index (χ2n) is 5.44. The topological polar surface area (TPSA) is 57.6 Å². The minimum Gasteiger partial charge on any atom is -0.480 e. The van der Waals surface area contributed by atoms with Gasteiger partial charge in [0.15, 0.2) is 0 Å². The number of hydrogen-bond donors (Lipinski definition) is 1. The molecule has 25 heavy (non-hydrogen) atoms. The molecule has 2 aromatic carbocycles. The van der Waals surface area contributed by atoms with E-state index in [1.165, 1.54) is 16.7 Å². The van der Waals surface area contributed by atoms with Gasteiger partial charge < -0.3 is 10.0 Å². The number of thioether (sulfide) groups is 1. The van der Waals surface area contributed by atoms with Crippen LogP contribution in [-0.4, -0.2) is 39.6 Å². The smallest absolute Gasteiger partial charge is 0.327 e. The number of nitrogens with zero attached hydrogens (tertiary/aromatic N) is 1. The summed E-state index contributed by atoms with van der Waals surface area (Å²) in [5, 5.41) is 9.69. The van der Waals surface area contributed by atoms with Crippen LogP contribution in [0.1, 0.15) is 21.5 Å². The van der Waals surface area contributed by atoms with Gasteiger partial charge in [0.05, 0.1) is 10.9 Å². The monoisotopic (exact) mass is 371 g/mol. The van der Waals surface area contributed by atoms with E-state index in [-0.39, 0.29) is 5.91 Å². The summed E-state index contributed by atoms with van der Waals surface area (Å²) in [5.74, 6) is 5.43. The number of carboxylic acid groups (broad SMARTS) is 1. The van der Waals surface area contributed by atoms with E-state index < -0.39 is 12.0 Å². The van der Waals surface area contributed by atoms with Gasteiger partial charge in [-0.25, -0.2) is 4.79 Å². The van der Waals surface area contributed by atoms with E-state index in [4.69, 9.17) is 11.6 Å². The second-order valence-corrected chi connectivity index (χ2v) is 6.85. The van der Waals surface area contributed by atoms with Crippen molar-refractivity contribution in [3.63, 3.8) is 0 Å². The summed E-state index contributed by atoms with van der Waals surface area (Å²) < 4.78 is 0. The van der Waals surface area contributed by atoms with E-state index in [9.17, 15) is 14.7 Å². The second kappa shape index (κ2) is 7.64. The van der Waals surface area contributed by atoms with Crippen LogP contribution in [0.5, 0.6) is 0 Å². The molecule has 1 saturated heterocycles. The molecule has 3 rings (SSSR count). The Morgan fingerprint density at radius 1 is 1.16 bits per heavy atom. The van der Waals surface area contributed by atoms with Crippen LogP contribution in [0.3, 0.4) is 0 Å². The lowest BCUT2D eigenvalue weighted by atomic mass is 10.1. The van der Waals surface area contributed by atoms with Gasteiger partial charge in [0, 0.05) is 22.4 Å². The first-order valence-corrected chi connectivity index (χ1v) is 9.07. The summed E-state index contributed by atoms with van der Waals surface area (Å²) in [7, 11) is 0. The minimum absolute atomic E-state index is 0.322. The van der Waals surface area contributed by atoms with Crippen molar-refractivity contribution in [2.24, 2.45) is 0 Å². The first-order valence-electron chi connectivity index (χ1n) is 7.54. The van der Waals surface area contributed by atoms with Gasteiger partial charge in [-0.15, -0.1) is 11.8 Å². The molecule has 1 atom stereocenters. The summed E-state index contributed by atoms with van der Waals surface area (Å²) in [6.07, 6.45) is 0. The number of carbonyl (C=O) groups excluding carboxylic acids is 1. The average molecular weight is 372 g/mol. The molecule has 0 bridgehead atoms. The number of amides is 1. The third kappa shape index (κ3) is 3.98. The molecule has 4 nitrogen and oxygen atoms in total. The number of benzene rings is 2. The van der Waals surface area contributed by atoms with Crippen molar-refractivity contribution in [1.82, 2.24) is 4.90 Å². The summed E-state index contributed by atoms with van der Waals surface area (Å²) in [4.78, 5) is 25.3. The van der Waals surface area contributed by atoms with Gasteiger partial charge in [0.25, 0.3) is 5.91 Å². The Hall–Kier alpha value is -2.42. The molecule has 1 heterocycles. The Morgan fingerprint density at radius 3 is 2.64 bits per heavy atom. The minimum atomic E-state index is -0.989. The predicted octanol–water partition coefficient (Wildman–Crippen LogP) is 3.34. The van der Waals surface area contributed by atoms with E-state index in [0.717, 1.165) is 5.56 Å². The molecule has 1 aliphatic heterocycles. The largest absolute Gasteiger partial charge is 0.480 e. The maximum atomic E-state index is 12.7. The van der Waals surface area contributed by atoms with Crippen LogP contribution in [0.4, 0.5) is 0 Å². The molecule has 126 valence electrons. The molecule has 1 fully saturated rings. The molecule has 2 aromatic rings. The van der Waals surface area contributed by atoms with Crippen molar-refractivity contribution in [3.8, 4) is 11.8 Å². The molecule has 1 aliphatic rings. The van der Waals surface area contributed by atoms with Crippen molar-refractivity contribution in [1.29, 1.82) is 0 Å². The van der Waals surface area contributed by atoms with Crippen LogP contribution in [0.25, 0.3) is 0 Å². The fourth-order valence-electron chi connectivity index (χ4n) is 2.43. The van der Waals surface area contributed by atoms with Gasteiger partial charge in [-0.2, -0.15) is 0 Å². The highest BCUT2D eigenvalue weighted by Crippen LogP contribution is 2.25. The van der Waals surface area contributed by atoms with Gasteiger partial charge in [-0.1, -0.05) is 41.6 Å². The third-order valence-corrected chi connectivity index (χ3v) is 5.10. The Morgan fingerprint density at radius 2 is 1.92 bits per heavy atom. The fourth-order valence-corrected chi connectivity index (χ4v) is 3.74. The normalized spacial score (nSPS) is 16.2. The molecule has 1 unspecified atom stereocenters. The highest BCUT2D eigenvalue weighted by molar-refractivity contribution is 7.99. The Kier molecular flexibility index (Phi) is 5.32. The van der Waals surface area contributed by atoms with E-state index >= 15 is 0 Å². The van der Waals surface area contributed by atoms with Crippen molar-refractivity contribution >= 4 is 35.2 Å². The molecule has 0 aliphatic carbocycles. The summed E-state index contributed by atoms with van der Waals surface area (Å²) in [5.41, 5.74) is 1.77. The van der Waals surface area contributed by atoms with Gasteiger partial charge in [-0.05, 0) is 30.3 Å². The van der Waals surface area contributed by atoms with Crippen LogP contribution >= 0.6 is 23.4 Å². The number of rotatable bonds is 2. The van der Waals surface area contributed by atoms with E-state index in [1.54, 1.807) is 18.2 Å². The molecular weight excluding hydrogens is 358 g/mol. The standard InChI is InChI=1S/C19H14ClNO3S/c20-16-9-8-15(18(22)21-12-25-11-17(21)19(23)24)10-14(16)7-6-13-4-2-1-3-5-13/h1-5,8-10,17H,11-12H2,(H,23,24). The SMILES string of the molecule is O=C(O)C1CSCN1C(=O)c1ccc(Cl)c(C#Cc2ccccc2)c1. The zero-order chi connectivity index (χ0) is 17.8. The Bertz CT molecular complexity index is 873. The van der Waals surface area contributed by atoms with Gasteiger partial charge in [0.1, 0.15) is 6.04 Å². The zero-order valence-corrected chi connectivity index (χ0v) is 14.7. The quantitative estimate of drug-likeness (QED) is 0.822. The number of carboxylic acids is 1. The van der Waals surface area contributed by atoms with Crippen molar-refractivity contribution in [2.45, 2.75) is 6.04 Å². The molecule has 0 saturated carbocycles. The molecule has 6 heteroatoms. The van der Waals surface area contributed by atoms with E-state index in [0.29, 0.717) is 27.8 Å². The summed E-state index contributed by atoms with van der Waals surface area (Å²) in [6.45, 7) is 0. The Balaban J connectivity index is 1.88. The first-order chi connectivity index (χ1) is 12.1. The molecule has 0 radical (unpaired) electrons. The van der Waals surface area contributed by atoms with Crippen LogP contribution in [0.15, 0.2) is 48.5 Å². The lowest BCUT2D eigenvalue weighted by molar-refractivity contribution is -0.140. The average Bonchev–Trinajstić information content (AvgIpc) is 3.11. The molecule has 1 amide bonds. The van der Waals surface area contributed by atoms with Gasteiger partial charge >= 0.3 is 5.97 Å². The fraction of sp³-hybridized carbons (Fsp3) is 0.158. The van der Waals surface area contributed by atoms with Crippen molar-refractivity contribution < 1.29 is 14.7 Å². The third-order valence-electron chi connectivity index (χ3n) is 3.76. The Labute approximate surface area is 154 Å². The van der Waals surface area contributed by atoms with Crippen LogP contribution in [-0.2, 0) is 4.79 Å². The van der Waals surface area contributed by atoms with Crippen LogP contribution < -0.4 is 0 Å². The van der Waals surface area contributed by atoms with Crippen molar-refractivity contribution in [2.75, 3.05) is 11.6 Å². The number of aliphatic carboxylic acids is 1. The molecule has 0 spiro atoms.